The van der Waals surface area contributed by atoms with Crippen molar-refractivity contribution < 1.29 is 14.3 Å². The highest BCUT2D eigenvalue weighted by Gasteiger charge is 2.09. The molecule has 4 rings (SSSR count). The smallest absolute Gasteiger partial charge is 0.255 e. The second-order valence-electron chi connectivity index (χ2n) is 8.20. The number of nitrogens with one attached hydrogen (secondary N) is 2. The first-order valence-corrected chi connectivity index (χ1v) is 11.5. The van der Waals surface area contributed by atoms with Crippen LogP contribution >= 0.6 is 0 Å². The highest BCUT2D eigenvalue weighted by Crippen LogP contribution is 2.30. The van der Waals surface area contributed by atoms with Crippen LogP contribution in [0, 0.1) is 0 Å². The van der Waals surface area contributed by atoms with Crippen LogP contribution in [-0.2, 0) is 6.54 Å². The highest BCUT2D eigenvalue weighted by molar-refractivity contribution is 6.04. The van der Waals surface area contributed by atoms with Crippen molar-refractivity contribution in [2.75, 3.05) is 30.6 Å². The quantitative estimate of drug-likeness (QED) is 0.240. The molecule has 0 spiro atoms. The molecule has 182 valence electrons. The van der Waals surface area contributed by atoms with Crippen LogP contribution in [0.25, 0.3) is 17.2 Å². The minimum Gasteiger partial charge on any atom is -0.493 e. The second kappa shape index (κ2) is 11.1. The van der Waals surface area contributed by atoms with Gasteiger partial charge in [-0.05, 0) is 70.8 Å². The minimum absolute atomic E-state index is 0.169. The van der Waals surface area contributed by atoms with Crippen LogP contribution < -0.4 is 25.8 Å². The van der Waals surface area contributed by atoms with Gasteiger partial charge in [0.15, 0.2) is 11.5 Å². The zero-order valence-corrected chi connectivity index (χ0v) is 20.4. The Bertz CT molecular complexity index is 1380. The van der Waals surface area contributed by atoms with Gasteiger partial charge >= 0.3 is 0 Å². The van der Waals surface area contributed by atoms with Gasteiger partial charge in [-0.1, -0.05) is 43.0 Å². The molecule has 6 heteroatoms. The molecule has 0 fully saturated rings. The van der Waals surface area contributed by atoms with E-state index >= 15 is 0 Å². The number of rotatable bonds is 9. The van der Waals surface area contributed by atoms with Crippen molar-refractivity contribution in [2.45, 2.75) is 6.54 Å². The summed E-state index contributed by atoms with van der Waals surface area (Å²) in [5, 5.41) is 6.33. The lowest BCUT2D eigenvalue weighted by molar-refractivity contribution is 0.102. The summed E-state index contributed by atoms with van der Waals surface area (Å²) in [6.07, 6.45) is 1.74. The summed E-state index contributed by atoms with van der Waals surface area (Å²) >= 11 is 0. The number of hydrogen-bond acceptors (Lipinski definition) is 5. The first-order chi connectivity index (χ1) is 17.5. The number of methoxy groups -OCH3 is 2. The maximum Gasteiger partial charge on any atom is 0.255 e. The van der Waals surface area contributed by atoms with Gasteiger partial charge in [-0.15, -0.1) is 0 Å². The average Bonchev–Trinajstić information content (AvgIpc) is 2.92. The lowest BCUT2D eigenvalue weighted by Gasteiger charge is -2.12. The van der Waals surface area contributed by atoms with Crippen molar-refractivity contribution in [1.82, 2.24) is 0 Å². The fraction of sp³-hybridized carbons (Fsp3) is 0.100. The van der Waals surface area contributed by atoms with E-state index in [4.69, 9.17) is 15.2 Å². The maximum atomic E-state index is 12.9. The Morgan fingerprint density at radius 3 is 2.31 bits per heavy atom. The van der Waals surface area contributed by atoms with Crippen LogP contribution in [0.5, 0.6) is 11.5 Å². The molecule has 0 bridgehead atoms. The van der Waals surface area contributed by atoms with E-state index in [1.807, 2.05) is 78.9 Å². The fourth-order valence-corrected chi connectivity index (χ4v) is 3.85. The summed E-state index contributed by atoms with van der Waals surface area (Å²) in [5.41, 5.74) is 12.8. The number of benzene rings is 4. The monoisotopic (exact) mass is 479 g/mol. The van der Waals surface area contributed by atoms with Gasteiger partial charge in [0.2, 0.25) is 0 Å². The molecule has 0 aliphatic carbocycles. The normalized spacial score (nSPS) is 10.4. The van der Waals surface area contributed by atoms with Crippen LogP contribution in [0.4, 0.5) is 17.1 Å². The Labute approximate surface area is 211 Å². The van der Waals surface area contributed by atoms with E-state index < -0.39 is 0 Å². The SMILES string of the molecule is C=Cc1cc(-c2ccc(NC(=O)c3cccc(CNc4ccc(OC)c(OC)c4)c3)cc2)ccc1N. The number of amides is 1. The van der Waals surface area contributed by atoms with E-state index in [1.54, 1.807) is 26.4 Å². The van der Waals surface area contributed by atoms with Gasteiger partial charge in [-0.2, -0.15) is 0 Å². The third-order valence-electron chi connectivity index (χ3n) is 5.85. The van der Waals surface area contributed by atoms with E-state index in [-0.39, 0.29) is 5.91 Å². The Kier molecular flexibility index (Phi) is 7.56. The van der Waals surface area contributed by atoms with E-state index in [0.29, 0.717) is 29.3 Å². The predicted molar refractivity (Wildman–Crippen MR) is 148 cm³/mol. The number of nitrogen functional groups attached to an aromatic ring is 1. The van der Waals surface area contributed by atoms with Gasteiger partial charge in [0.1, 0.15) is 0 Å². The van der Waals surface area contributed by atoms with E-state index in [1.165, 1.54) is 0 Å². The van der Waals surface area contributed by atoms with E-state index in [2.05, 4.69) is 17.2 Å². The number of nitrogens with two attached hydrogens (primary N) is 1. The molecule has 0 aliphatic heterocycles. The summed E-state index contributed by atoms with van der Waals surface area (Å²) in [5.74, 6) is 1.15. The average molecular weight is 480 g/mol. The summed E-state index contributed by atoms with van der Waals surface area (Å²) in [4.78, 5) is 12.9. The number of hydrogen-bond donors (Lipinski definition) is 3. The summed E-state index contributed by atoms with van der Waals surface area (Å²) < 4.78 is 10.6. The van der Waals surface area contributed by atoms with Crippen molar-refractivity contribution in [2.24, 2.45) is 0 Å². The molecule has 6 nitrogen and oxygen atoms in total. The molecule has 0 radical (unpaired) electrons. The maximum absolute atomic E-state index is 12.9. The van der Waals surface area contributed by atoms with Crippen molar-refractivity contribution >= 4 is 29.0 Å². The Morgan fingerprint density at radius 1 is 0.861 bits per heavy atom. The van der Waals surface area contributed by atoms with Crippen molar-refractivity contribution in [3.8, 4) is 22.6 Å². The van der Waals surface area contributed by atoms with Crippen LogP contribution in [-0.4, -0.2) is 20.1 Å². The molecule has 4 N–H and O–H groups in total. The van der Waals surface area contributed by atoms with Crippen molar-refractivity contribution in [3.05, 3.63) is 108 Å². The van der Waals surface area contributed by atoms with Crippen molar-refractivity contribution in [3.63, 3.8) is 0 Å². The molecule has 0 aliphatic rings. The molecule has 36 heavy (non-hydrogen) atoms. The van der Waals surface area contributed by atoms with Crippen LogP contribution in [0.2, 0.25) is 0 Å². The van der Waals surface area contributed by atoms with Gasteiger partial charge in [0.05, 0.1) is 14.2 Å². The molecule has 0 heterocycles. The van der Waals surface area contributed by atoms with E-state index in [9.17, 15) is 4.79 Å². The van der Waals surface area contributed by atoms with Gasteiger partial charge in [-0.3, -0.25) is 4.79 Å². The molecule has 0 saturated carbocycles. The van der Waals surface area contributed by atoms with Gasteiger partial charge in [0.25, 0.3) is 5.91 Å². The molecule has 0 unspecified atom stereocenters. The number of anilines is 3. The van der Waals surface area contributed by atoms with Crippen LogP contribution in [0.1, 0.15) is 21.5 Å². The van der Waals surface area contributed by atoms with Crippen LogP contribution in [0.15, 0.2) is 91.5 Å². The predicted octanol–water partition coefficient (Wildman–Crippen LogP) is 6.46. The number of ether oxygens (including phenoxy) is 2. The third kappa shape index (κ3) is 5.67. The zero-order valence-electron chi connectivity index (χ0n) is 20.4. The molecule has 0 aromatic heterocycles. The van der Waals surface area contributed by atoms with Crippen molar-refractivity contribution in [1.29, 1.82) is 0 Å². The van der Waals surface area contributed by atoms with Gasteiger partial charge in [-0.25, -0.2) is 0 Å². The first kappa shape index (κ1) is 24.4. The number of carbonyl (C=O) groups is 1. The number of carbonyl (C=O) groups excluding carboxylic acids is 1. The second-order valence-corrected chi connectivity index (χ2v) is 8.20. The first-order valence-electron chi connectivity index (χ1n) is 11.5. The Balaban J connectivity index is 1.40. The topological polar surface area (TPSA) is 85.6 Å². The largest absolute Gasteiger partial charge is 0.493 e. The lowest BCUT2D eigenvalue weighted by Crippen LogP contribution is -2.12. The highest BCUT2D eigenvalue weighted by atomic mass is 16.5. The van der Waals surface area contributed by atoms with Gasteiger partial charge < -0.3 is 25.8 Å². The summed E-state index contributed by atoms with van der Waals surface area (Å²) in [6, 6.07) is 26.7. The molecule has 4 aromatic rings. The molecular formula is C30H29N3O3. The molecular weight excluding hydrogens is 450 g/mol. The summed E-state index contributed by atoms with van der Waals surface area (Å²) in [6.45, 7) is 4.36. The lowest BCUT2D eigenvalue weighted by atomic mass is 10.0. The molecule has 1 amide bonds. The Morgan fingerprint density at radius 2 is 1.58 bits per heavy atom. The fourth-order valence-electron chi connectivity index (χ4n) is 3.85. The van der Waals surface area contributed by atoms with E-state index in [0.717, 1.165) is 33.6 Å². The Hall–Kier alpha value is -4.71. The van der Waals surface area contributed by atoms with Gasteiger partial charge in [0, 0.05) is 35.2 Å². The molecule has 0 saturated heterocycles. The van der Waals surface area contributed by atoms with Crippen LogP contribution in [0.3, 0.4) is 0 Å². The third-order valence-corrected chi connectivity index (χ3v) is 5.85. The standard InChI is InChI=1S/C30H29N3O3/c1-4-21-17-23(10-14-27(21)31)22-8-11-25(12-9-22)33-30(34)24-7-5-6-20(16-24)19-32-26-13-15-28(35-2)29(18-26)36-3/h4-18,32H,1,19,31H2,2-3H3,(H,33,34). The minimum atomic E-state index is -0.169. The molecule has 0 atom stereocenters. The molecule has 4 aromatic carbocycles. The zero-order chi connectivity index (χ0) is 25.5. The summed E-state index contributed by atoms with van der Waals surface area (Å²) in [7, 11) is 3.21.